The number of hydrogen-bond acceptors (Lipinski definition) is 8. The molecule has 1 aliphatic rings. The third-order valence-corrected chi connectivity index (χ3v) is 6.85. The van der Waals surface area contributed by atoms with E-state index in [1.165, 1.54) is 0 Å². The van der Waals surface area contributed by atoms with Gasteiger partial charge in [-0.25, -0.2) is 0 Å². The van der Waals surface area contributed by atoms with Crippen molar-refractivity contribution in [3.8, 4) is 42.3 Å². The highest BCUT2D eigenvalue weighted by molar-refractivity contribution is 5.49. The predicted octanol–water partition coefficient (Wildman–Crippen LogP) is 7.09. The van der Waals surface area contributed by atoms with Crippen molar-refractivity contribution in [2.75, 3.05) is 0 Å². The average Bonchev–Trinajstić information content (AvgIpc) is 2.98. The van der Waals surface area contributed by atoms with Crippen LogP contribution in [-0.4, -0.2) is 0 Å². The first-order chi connectivity index (χ1) is 20.0. The Morgan fingerprint density at radius 1 is 0.610 bits per heavy atom. The third-order valence-electron chi connectivity index (χ3n) is 6.85. The topological polar surface area (TPSA) is 132 Å². The summed E-state index contributed by atoms with van der Waals surface area (Å²) in [6.07, 6.45) is 12.6. The Morgan fingerprint density at radius 3 is 1.41 bits per heavy atom. The van der Waals surface area contributed by atoms with E-state index in [1.54, 1.807) is 67.5 Å². The number of ether oxygens (including phenoxy) is 4. The summed E-state index contributed by atoms with van der Waals surface area (Å²) in [7, 11) is 0. The van der Waals surface area contributed by atoms with Gasteiger partial charge >= 0.3 is 0 Å². The maximum Gasteiger partial charge on any atom is 0.292 e. The Morgan fingerprint density at radius 2 is 1.02 bits per heavy atom. The lowest BCUT2D eigenvalue weighted by molar-refractivity contribution is 0.386. The molecule has 0 bridgehead atoms. The predicted molar refractivity (Wildman–Crippen MR) is 148 cm³/mol. The van der Waals surface area contributed by atoms with E-state index in [-0.39, 0.29) is 17.8 Å². The molecule has 0 saturated heterocycles. The Hall–Kier alpha value is -5.96. The molecule has 0 aromatic heterocycles. The van der Waals surface area contributed by atoms with E-state index in [2.05, 4.69) is 0 Å². The fraction of sp³-hybridized carbons (Fsp3) is 0.152. The molecule has 3 aromatic carbocycles. The van der Waals surface area contributed by atoms with Crippen LogP contribution in [0.1, 0.15) is 42.4 Å². The van der Waals surface area contributed by atoms with Gasteiger partial charge in [0.25, 0.3) is 25.0 Å². The molecule has 41 heavy (non-hydrogen) atoms. The second kappa shape index (κ2) is 13.2. The number of nitrogens with zero attached hydrogens (tertiary/aromatic N) is 4. The van der Waals surface area contributed by atoms with Crippen LogP contribution < -0.4 is 14.2 Å². The highest BCUT2D eigenvalue weighted by Crippen LogP contribution is 2.48. The van der Waals surface area contributed by atoms with Crippen molar-refractivity contribution in [3.05, 3.63) is 125 Å². The van der Waals surface area contributed by atoms with Crippen LogP contribution in [0.3, 0.4) is 0 Å². The summed E-state index contributed by atoms with van der Waals surface area (Å²) in [5.41, 5.74) is 4.94. The van der Waals surface area contributed by atoms with Gasteiger partial charge in [0.1, 0.15) is 23.0 Å². The van der Waals surface area contributed by atoms with Gasteiger partial charge in [-0.15, -0.1) is 21.0 Å². The van der Waals surface area contributed by atoms with Crippen molar-refractivity contribution >= 4 is 0 Å². The standard InChI is InChI=1S/C33H24N4O4/c1-22(2)31-17-29(41-21-37)15-16-30(31)33(25-7-13-28(14-8-25)40-20-36)32(23-3-9-26(10-4-23)38-18-34)24-5-11-27(12-6-24)39-19-35/h3-17,30,32-33H,1-2H3. The van der Waals surface area contributed by atoms with E-state index in [0.29, 0.717) is 23.0 Å². The van der Waals surface area contributed by atoms with Crippen LogP contribution in [0.5, 0.6) is 17.2 Å². The molecule has 0 aliphatic heterocycles. The Labute approximate surface area is 238 Å². The molecule has 0 fully saturated rings. The number of hydrogen-bond donors (Lipinski definition) is 0. The second-order valence-electron chi connectivity index (χ2n) is 9.37. The number of nitriles is 4. The van der Waals surface area contributed by atoms with Gasteiger partial charge in [0.05, 0.1) is 0 Å². The zero-order valence-electron chi connectivity index (χ0n) is 22.3. The van der Waals surface area contributed by atoms with Crippen LogP contribution in [0.4, 0.5) is 0 Å². The number of rotatable bonds is 9. The van der Waals surface area contributed by atoms with Crippen molar-refractivity contribution in [2.45, 2.75) is 25.7 Å². The minimum Gasteiger partial charge on any atom is -0.388 e. The lowest BCUT2D eigenvalue weighted by Crippen LogP contribution is -2.23. The largest absolute Gasteiger partial charge is 0.388 e. The van der Waals surface area contributed by atoms with E-state index in [0.717, 1.165) is 27.8 Å². The molecular formula is C33H24N4O4. The summed E-state index contributed by atoms with van der Waals surface area (Å²) >= 11 is 0. The fourth-order valence-electron chi connectivity index (χ4n) is 5.12. The molecule has 4 rings (SSSR count). The van der Waals surface area contributed by atoms with Gasteiger partial charge in [-0.3, -0.25) is 0 Å². The lowest BCUT2D eigenvalue weighted by atomic mass is 9.67. The van der Waals surface area contributed by atoms with Crippen molar-refractivity contribution in [2.24, 2.45) is 5.92 Å². The molecular weight excluding hydrogens is 516 g/mol. The molecule has 8 heteroatoms. The normalized spacial score (nSPS) is 14.4. The summed E-state index contributed by atoms with van der Waals surface area (Å²) < 4.78 is 20.2. The minimum atomic E-state index is -0.235. The molecule has 3 aromatic rings. The van der Waals surface area contributed by atoms with E-state index < -0.39 is 0 Å². The van der Waals surface area contributed by atoms with Crippen LogP contribution in [0, 0.1) is 52.0 Å². The van der Waals surface area contributed by atoms with Crippen LogP contribution in [-0.2, 0) is 4.74 Å². The van der Waals surface area contributed by atoms with Crippen molar-refractivity contribution in [1.82, 2.24) is 0 Å². The first-order valence-corrected chi connectivity index (χ1v) is 12.6. The SMILES string of the molecule is CC(C)=C1C=C(OC#N)C=CC1C(c1ccc(OC#N)cc1)C(c1ccc(OC#N)cc1)c1ccc(OC#N)cc1. The summed E-state index contributed by atoms with van der Waals surface area (Å²) in [6, 6.07) is 22.1. The van der Waals surface area contributed by atoms with Crippen molar-refractivity contribution < 1.29 is 18.9 Å². The van der Waals surface area contributed by atoms with Crippen molar-refractivity contribution in [3.63, 3.8) is 0 Å². The molecule has 0 N–H and O–H groups in total. The molecule has 0 spiro atoms. The van der Waals surface area contributed by atoms with E-state index in [4.69, 9.17) is 40.0 Å². The number of benzene rings is 3. The van der Waals surface area contributed by atoms with Gasteiger partial charge in [-0.05, 0) is 84.7 Å². The second-order valence-corrected chi connectivity index (χ2v) is 9.37. The van der Waals surface area contributed by atoms with E-state index >= 15 is 0 Å². The summed E-state index contributed by atoms with van der Waals surface area (Å²) in [5, 5.41) is 36.0. The summed E-state index contributed by atoms with van der Waals surface area (Å²) in [4.78, 5) is 0. The fourth-order valence-corrected chi connectivity index (χ4v) is 5.12. The Kier molecular flexibility index (Phi) is 9.04. The van der Waals surface area contributed by atoms with Crippen LogP contribution in [0.15, 0.2) is 108 Å². The monoisotopic (exact) mass is 540 g/mol. The quantitative estimate of drug-likeness (QED) is 0.263. The Bertz CT molecular complexity index is 1580. The van der Waals surface area contributed by atoms with Gasteiger partial charge in [0, 0.05) is 17.8 Å². The molecule has 1 aliphatic carbocycles. The van der Waals surface area contributed by atoms with Gasteiger partial charge in [0.2, 0.25) is 0 Å². The van der Waals surface area contributed by atoms with Crippen LogP contribution in [0.2, 0.25) is 0 Å². The van der Waals surface area contributed by atoms with Gasteiger partial charge < -0.3 is 18.9 Å². The molecule has 8 nitrogen and oxygen atoms in total. The molecule has 2 atom stereocenters. The first kappa shape index (κ1) is 28.1. The zero-order valence-corrected chi connectivity index (χ0v) is 22.3. The highest BCUT2D eigenvalue weighted by Gasteiger charge is 2.35. The maximum absolute atomic E-state index is 9.11. The average molecular weight is 541 g/mol. The molecule has 200 valence electrons. The highest BCUT2D eigenvalue weighted by atomic mass is 16.5. The molecule has 2 unspecified atom stereocenters. The van der Waals surface area contributed by atoms with Gasteiger partial charge in [-0.2, -0.15) is 0 Å². The number of allylic oxidation sites excluding steroid dienone is 5. The maximum atomic E-state index is 9.11. The van der Waals surface area contributed by atoms with Crippen molar-refractivity contribution in [1.29, 1.82) is 21.0 Å². The summed E-state index contributed by atoms with van der Waals surface area (Å²) in [6.45, 7) is 4.03. The van der Waals surface area contributed by atoms with Gasteiger partial charge in [0.15, 0.2) is 0 Å². The third kappa shape index (κ3) is 6.55. The molecule has 0 amide bonds. The minimum absolute atomic E-state index is 0.149. The molecule has 0 saturated carbocycles. The van der Waals surface area contributed by atoms with Crippen LogP contribution >= 0.6 is 0 Å². The van der Waals surface area contributed by atoms with Crippen LogP contribution in [0.25, 0.3) is 0 Å². The zero-order chi connectivity index (χ0) is 29.2. The van der Waals surface area contributed by atoms with Gasteiger partial charge in [-0.1, -0.05) is 48.0 Å². The van der Waals surface area contributed by atoms with E-state index in [1.807, 2.05) is 62.4 Å². The smallest absolute Gasteiger partial charge is 0.292 e. The molecule has 0 radical (unpaired) electrons. The Balaban J connectivity index is 1.94. The summed E-state index contributed by atoms with van der Waals surface area (Å²) in [5.74, 6) is 1.14. The molecule has 0 heterocycles. The first-order valence-electron chi connectivity index (χ1n) is 12.6. The lowest BCUT2D eigenvalue weighted by Gasteiger charge is -2.36. The van der Waals surface area contributed by atoms with E-state index in [9.17, 15) is 0 Å².